The van der Waals surface area contributed by atoms with Crippen LogP contribution in [0.5, 0.6) is 0 Å². The van der Waals surface area contributed by atoms with Gasteiger partial charge in [-0.3, -0.25) is 9.78 Å². The van der Waals surface area contributed by atoms with Crippen molar-refractivity contribution >= 4 is 11.9 Å². The Balaban J connectivity index is 2.60. The van der Waals surface area contributed by atoms with Crippen LogP contribution in [0, 0.1) is 5.92 Å². The zero-order chi connectivity index (χ0) is 15.8. The second-order valence-electron chi connectivity index (χ2n) is 5.61. The molecule has 1 aromatic heterocycles. The molecule has 0 aliphatic carbocycles. The normalized spacial score (nSPS) is 11.9. The number of carbonyl (C=O) groups excluding carboxylic acids is 2. The number of urea groups is 1. The summed E-state index contributed by atoms with van der Waals surface area (Å²) in [4.78, 5) is 29.4. The molecule has 0 saturated heterocycles. The van der Waals surface area contributed by atoms with Crippen LogP contribution in [-0.2, 0) is 11.3 Å². The highest BCUT2D eigenvalue weighted by Crippen LogP contribution is 2.06. The molecule has 0 fully saturated rings. The predicted octanol–water partition coefficient (Wildman–Crippen LogP) is 1.38. The van der Waals surface area contributed by atoms with E-state index in [1.807, 2.05) is 26.0 Å². The summed E-state index contributed by atoms with van der Waals surface area (Å²) < 4.78 is 0. The molecule has 1 heterocycles. The minimum Gasteiger partial charge on any atom is -0.350 e. The third-order valence-corrected chi connectivity index (χ3v) is 2.92. The summed E-state index contributed by atoms with van der Waals surface area (Å²) in [6, 6.07) is 2.91. The Hall–Kier alpha value is -2.11. The van der Waals surface area contributed by atoms with Gasteiger partial charge >= 0.3 is 6.03 Å². The van der Waals surface area contributed by atoms with E-state index in [0.29, 0.717) is 18.9 Å². The summed E-state index contributed by atoms with van der Waals surface area (Å²) >= 11 is 0. The Morgan fingerprint density at radius 1 is 1.33 bits per heavy atom. The van der Waals surface area contributed by atoms with Crippen molar-refractivity contribution in [1.82, 2.24) is 20.5 Å². The van der Waals surface area contributed by atoms with Crippen molar-refractivity contribution in [1.29, 1.82) is 0 Å². The van der Waals surface area contributed by atoms with Crippen molar-refractivity contribution in [3.63, 3.8) is 0 Å². The standard InChI is InChI=1S/C15H24N4O2/c1-11(2)8-13(18-15(21)19(3)4)14(20)17-10-12-6-5-7-16-9-12/h5-7,9,11,13H,8,10H2,1-4H3,(H,17,20)(H,18,21)/t13-/m0/s1. The van der Waals surface area contributed by atoms with E-state index in [-0.39, 0.29) is 11.9 Å². The van der Waals surface area contributed by atoms with E-state index in [2.05, 4.69) is 15.6 Å². The van der Waals surface area contributed by atoms with Crippen molar-refractivity contribution in [2.24, 2.45) is 5.92 Å². The van der Waals surface area contributed by atoms with Crippen LogP contribution >= 0.6 is 0 Å². The first-order valence-electron chi connectivity index (χ1n) is 7.04. The lowest BCUT2D eigenvalue weighted by atomic mass is 10.0. The van der Waals surface area contributed by atoms with Crippen LogP contribution in [0.1, 0.15) is 25.8 Å². The van der Waals surface area contributed by atoms with Crippen LogP contribution in [0.3, 0.4) is 0 Å². The van der Waals surface area contributed by atoms with Crippen molar-refractivity contribution in [3.8, 4) is 0 Å². The number of rotatable bonds is 6. The molecule has 0 aliphatic heterocycles. The van der Waals surface area contributed by atoms with Gasteiger partial charge in [0.2, 0.25) is 5.91 Å². The maximum atomic E-state index is 12.2. The lowest BCUT2D eigenvalue weighted by Crippen LogP contribution is -2.50. The number of aromatic nitrogens is 1. The minimum atomic E-state index is -0.531. The molecule has 1 atom stereocenters. The van der Waals surface area contributed by atoms with Gasteiger partial charge in [-0.15, -0.1) is 0 Å². The molecule has 1 aromatic rings. The van der Waals surface area contributed by atoms with E-state index in [0.717, 1.165) is 5.56 Å². The first kappa shape index (κ1) is 16.9. The fourth-order valence-electron chi connectivity index (χ4n) is 1.80. The van der Waals surface area contributed by atoms with Gasteiger partial charge in [0.1, 0.15) is 6.04 Å². The number of hydrogen-bond donors (Lipinski definition) is 2. The Labute approximate surface area is 125 Å². The molecule has 0 saturated carbocycles. The smallest absolute Gasteiger partial charge is 0.317 e. The Morgan fingerprint density at radius 2 is 2.05 bits per heavy atom. The molecule has 0 aliphatic rings. The number of hydrogen-bond acceptors (Lipinski definition) is 3. The van der Waals surface area contributed by atoms with Crippen LogP contribution in [0.15, 0.2) is 24.5 Å². The Morgan fingerprint density at radius 3 is 2.57 bits per heavy atom. The van der Waals surface area contributed by atoms with Gasteiger partial charge in [0.25, 0.3) is 0 Å². The maximum absolute atomic E-state index is 12.2. The zero-order valence-electron chi connectivity index (χ0n) is 13.1. The molecule has 0 radical (unpaired) electrons. The van der Waals surface area contributed by atoms with Crippen LogP contribution in [-0.4, -0.2) is 42.0 Å². The lowest BCUT2D eigenvalue weighted by molar-refractivity contribution is -0.123. The van der Waals surface area contributed by atoms with E-state index in [1.54, 1.807) is 26.5 Å². The average molecular weight is 292 g/mol. The van der Waals surface area contributed by atoms with Crippen molar-refractivity contribution in [3.05, 3.63) is 30.1 Å². The highest BCUT2D eigenvalue weighted by atomic mass is 16.2. The van der Waals surface area contributed by atoms with E-state index < -0.39 is 6.04 Å². The van der Waals surface area contributed by atoms with Gasteiger partial charge in [-0.1, -0.05) is 19.9 Å². The second kappa shape index (κ2) is 8.24. The Bertz CT molecular complexity index is 460. The first-order chi connectivity index (χ1) is 9.90. The van der Waals surface area contributed by atoms with Crippen LogP contribution in [0.4, 0.5) is 4.79 Å². The lowest BCUT2D eigenvalue weighted by Gasteiger charge is -2.22. The monoisotopic (exact) mass is 292 g/mol. The fourth-order valence-corrected chi connectivity index (χ4v) is 1.80. The number of amides is 3. The average Bonchev–Trinajstić information content (AvgIpc) is 2.44. The summed E-state index contributed by atoms with van der Waals surface area (Å²) in [6.45, 7) is 4.44. The van der Waals surface area contributed by atoms with Crippen LogP contribution < -0.4 is 10.6 Å². The summed E-state index contributed by atoms with van der Waals surface area (Å²) in [7, 11) is 3.30. The molecule has 0 unspecified atom stereocenters. The summed E-state index contributed by atoms with van der Waals surface area (Å²) in [6.07, 6.45) is 3.98. The number of nitrogens with zero attached hydrogens (tertiary/aromatic N) is 2. The molecule has 2 N–H and O–H groups in total. The van der Waals surface area contributed by atoms with E-state index in [4.69, 9.17) is 0 Å². The third kappa shape index (κ3) is 6.25. The largest absolute Gasteiger partial charge is 0.350 e. The molecule has 3 amide bonds. The molecule has 6 heteroatoms. The highest BCUT2D eigenvalue weighted by molar-refractivity contribution is 5.86. The van der Waals surface area contributed by atoms with Crippen LogP contribution in [0.25, 0.3) is 0 Å². The second-order valence-corrected chi connectivity index (χ2v) is 5.61. The van der Waals surface area contributed by atoms with Gasteiger partial charge < -0.3 is 15.5 Å². The van der Waals surface area contributed by atoms with Gasteiger partial charge in [0.05, 0.1) is 0 Å². The number of carbonyl (C=O) groups is 2. The predicted molar refractivity (Wildman–Crippen MR) is 81.5 cm³/mol. The van der Waals surface area contributed by atoms with Gasteiger partial charge in [-0.05, 0) is 24.0 Å². The van der Waals surface area contributed by atoms with Crippen molar-refractivity contribution in [2.45, 2.75) is 32.9 Å². The molecule has 0 spiro atoms. The van der Waals surface area contributed by atoms with Gasteiger partial charge in [0, 0.05) is 33.0 Å². The van der Waals surface area contributed by atoms with Crippen LogP contribution in [0.2, 0.25) is 0 Å². The molecule has 116 valence electrons. The maximum Gasteiger partial charge on any atom is 0.317 e. The van der Waals surface area contributed by atoms with Crippen molar-refractivity contribution in [2.75, 3.05) is 14.1 Å². The first-order valence-corrected chi connectivity index (χ1v) is 7.04. The zero-order valence-corrected chi connectivity index (χ0v) is 13.1. The molecule has 1 rings (SSSR count). The topological polar surface area (TPSA) is 74.3 Å². The Kier molecular flexibility index (Phi) is 6.65. The molecule has 0 bridgehead atoms. The molecule has 6 nitrogen and oxygen atoms in total. The minimum absolute atomic E-state index is 0.178. The quantitative estimate of drug-likeness (QED) is 0.832. The van der Waals surface area contributed by atoms with Crippen molar-refractivity contribution < 1.29 is 9.59 Å². The van der Waals surface area contributed by atoms with E-state index in [9.17, 15) is 9.59 Å². The SMILES string of the molecule is CC(C)C[C@H](NC(=O)N(C)C)C(=O)NCc1cccnc1. The summed E-state index contributed by atoms with van der Waals surface area (Å²) in [5, 5.41) is 5.58. The highest BCUT2D eigenvalue weighted by Gasteiger charge is 2.22. The summed E-state index contributed by atoms with van der Waals surface area (Å²) in [5.41, 5.74) is 0.924. The number of nitrogens with one attached hydrogen (secondary N) is 2. The fraction of sp³-hybridized carbons (Fsp3) is 0.533. The number of pyridine rings is 1. The van der Waals surface area contributed by atoms with E-state index >= 15 is 0 Å². The van der Waals surface area contributed by atoms with Gasteiger partial charge in [0.15, 0.2) is 0 Å². The van der Waals surface area contributed by atoms with Gasteiger partial charge in [-0.25, -0.2) is 4.79 Å². The molecular weight excluding hydrogens is 268 g/mol. The molecule has 0 aromatic carbocycles. The summed E-state index contributed by atoms with van der Waals surface area (Å²) in [5.74, 6) is 0.129. The molecule has 21 heavy (non-hydrogen) atoms. The molecular formula is C15H24N4O2. The third-order valence-electron chi connectivity index (χ3n) is 2.92. The van der Waals surface area contributed by atoms with E-state index in [1.165, 1.54) is 4.90 Å². The van der Waals surface area contributed by atoms with Gasteiger partial charge in [-0.2, -0.15) is 0 Å².